The second kappa shape index (κ2) is 5.33. The fourth-order valence-corrected chi connectivity index (χ4v) is 4.24. The van der Waals surface area contributed by atoms with Crippen LogP contribution in [0.25, 0.3) is 0 Å². The van der Waals surface area contributed by atoms with Crippen LogP contribution in [0.2, 0.25) is 0 Å². The molecule has 1 spiro atoms. The summed E-state index contributed by atoms with van der Waals surface area (Å²) in [6.45, 7) is 7.41. The number of piperidine rings is 1. The lowest BCUT2D eigenvalue weighted by molar-refractivity contribution is -0.128. The molecular formula is C18H28N4O. The molecule has 0 bridgehead atoms. The third kappa shape index (κ3) is 3.03. The van der Waals surface area contributed by atoms with Crippen molar-refractivity contribution >= 4 is 5.91 Å². The number of carbonyl (C=O) groups excluding carboxylic acids is 1. The quantitative estimate of drug-likeness (QED) is 0.896. The molecule has 0 atom stereocenters. The van der Waals surface area contributed by atoms with E-state index in [-0.39, 0.29) is 5.41 Å². The Labute approximate surface area is 138 Å². The number of aromatic nitrogens is 2. The fraction of sp³-hybridized carbons (Fsp3) is 0.778. The molecule has 5 heteroatoms. The van der Waals surface area contributed by atoms with Crippen LogP contribution in [0, 0.1) is 17.8 Å². The second-order valence-corrected chi connectivity index (χ2v) is 8.46. The summed E-state index contributed by atoms with van der Waals surface area (Å²) in [6.07, 6.45) is 7.03. The number of nitrogens with zero attached hydrogens (tertiary/aromatic N) is 2. The van der Waals surface area contributed by atoms with Crippen LogP contribution in [0.4, 0.5) is 0 Å². The molecule has 1 saturated heterocycles. The number of aryl methyl sites for hydroxylation is 1. The highest BCUT2D eigenvalue weighted by Crippen LogP contribution is 2.50. The maximum atomic E-state index is 12.1. The maximum Gasteiger partial charge on any atom is 0.226 e. The van der Waals surface area contributed by atoms with Gasteiger partial charge in [-0.15, -0.1) is 0 Å². The number of likely N-dealkylation sites (tertiary alicyclic amines) is 1. The first-order valence-corrected chi connectivity index (χ1v) is 9.01. The number of carbonyl (C=O) groups is 1. The maximum absolute atomic E-state index is 12.1. The monoisotopic (exact) mass is 316 g/mol. The predicted molar refractivity (Wildman–Crippen MR) is 88.8 cm³/mol. The van der Waals surface area contributed by atoms with Crippen LogP contribution in [-0.4, -0.2) is 40.1 Å². The van der Waals surface area contributed by atoms with E-state index in [4.69, 9.17) is 0 Å². The fourth-order valence-electron chi connectivity index (χ4n) is 4.24. The van der Waals surface area contributed by atoms with E-state index in [1.807, 2.05) is 6.92 Å². The van der Waals surface area contributed by atoms with Crippen LogP contribution < -0.4 is 5.32 Å². The van der Waals surface area contributed by atoms with Gasteiger partial charge in [0.05, 0.1) is 5.69 Å². The van der Waals surface area contributed by atoms with Crippen molar-refractivity contribution in [3.05, 3.63) is 17.5 Å². The minimum atomic E-state index is -0.0339. The summed E-state index contributed by atoms with van der Waals surface area (Å²) >= 11 is 0. The SMILES string of the molecule is Cc1cc(CN2CCC3(CC2)CC(NC(=O)C2(C)CC2)C3)n[nH]1. The van der Waals surface area contributed by atoms with Gasteiger partial charge in [0.15, 0.2) is 0 Å². The first kappa shape index (κ1) is 15.2. The first-order chi connectivity index (χ1) is 11.0. The second-order valence-electron chi connectivity index (χ2n) is 8.46. The predicted octanol–water partition coefficient (Wildman–Crippen LogP) is 2.38. The molecule has 2 N–H and O–H groups in total. The number of aromatic amines is 1. The molecule has 23 heavy (non-hydrogen) atoms. The van der Waals surface area contributed by atoms with Crippen LogP contribution in [0.15, 0.2) is 6.07 Å². The largest absolute Gasteiger partial charge is 0.353 e. The Hall–Kier alpha value is -1.36. The lowest BCUT2D eigenvalue weighted by Crippen LogP contribution is -2.55. The third-order valence-corrected chi connectivity index (χ3v) is 6.30. The number of hydrogen-bond donors (Lipinski definition) is 2. The van der Waals surface area contributed by atoms with Gasteiger partial charge in [-0.05, 0) is 70.0 Å². The molecule has 1 aliphatic heterocycles. The van der Waals surface area contributed by atoms with Gasteiger partial charge in [0.25, 0.3) is 0 Å². The molecule has 0 radical (unpaired) electrons. The molecule has 3 fully saturated rings. The van der Waals surface area contributed by atoms with Crippen molar-refractivity contribution in [3.8, 4) is 0 Å². The number of rotatable bonds is 4. The molecule has 126 valence electrons. The summed E-state index contributed by atoms with van der Waals surface area (Å²) in [5.41, 5.74) is 2.75. The topological polar surface area (TPSA) is 61.0 Å². The van der Waals surface area contributed by atoms with Crippen LogP contribution in [0.3, 0.4) is 0 Å². The van der Waals surface area contributed by atoms with Crippen molar-refractivity contribution in [1.29, 1.82) is 0 Å². The molecule has 1 amide bonds. The summed E-state index contributed by atoms with van der Waals surface area (Å²) in [5.74, 6) is 0.295. The van der Waals surface area contributed by atoms with Crippen molar-refractivity contribution in [2.75, 3.05) is 13.1 Å². The third-order valence-electron chi connectivity index (χ3n) is 6.30. The zero-order chi connectivity index (χ0) is 16.1. The van der Waals surface area contributed by atoms with Crippen LogP contribution >= 0.6 is 0 Å². The van der Waals surface area contributed by atoms with E-state index in [0.29, 0.717) is 17.4 Å². The van der Waals surface area contributed by atoms with Gasteiger partial charge in [-0.3, -0.25) is 14.8 Å². The summed E-state index contributed by atoms with van der Waals surface area (Å²) in [4.78, 5) is 14.6. The molecule has 2 aliphatic carbocycles. The molecular weight excluding hydrogens is 288 g/mol. The van der Waals surface area contributed by atoms with Gasteiger partial charge in [-0.25, -0.2) is 0 Å². The Balaban J connectivity index is 1.22. The molecule has 1 aromatic rings. The van der Waals surface area contributed by atoms with E-state index in [1.54, 1.807) is 0 Å². The minimum Gasteiger partial charge on any atom is -0.353 e. The highest BCUT2D eigenvalue weighted by atomic mass is 16.2. The molecule has 4 rings (SSSR count). The molecule has 2 saturated carbocycles. The van der Waals surface area contributed by atoms with Crippen LogP contribution in [-0.2, 0) is 11.3 Å². The van der Waals surface area contributed by atoms with Crippen LogP contribution in [0.5, 0.6) is 0 Å². The Morgan fingerprint density at radius 3 is 2.61 bits per heavy atom. The summed E-state index contributed by atoms with van der Waals surface area (Å²) in [6, 6.07) is 2.57. The Bertz CT molecular complexity index is 588. The number of nitrogens with one attached hydrogen (secondary N) is 2. The number of amides is 1. The number of hydrogen-bond acceptors (Lipinski definition) is 3. The number of H-pyrrole nitrogens is 1. The molecule has 0 unspecified atom stereocenters. The van der Waals surface area contributed by atoms with E-state index >= 15 is 0 Å². The van der Waals surface area contributed by atoms with E-state index < -0.39 is 0 Å². The summed E-state index contributed by atoms with van der Waals surface area (Å²) < 4.78 is 0. The molecule has 5 nitrogen and oxygen atoms in total. The van der Waals surface area contributed by atoms with Crippen molar-refractivity contribution in [3.63, 3.8) is 0 Å². The Morgan fingerprint density at radius 1 is 1.35 bits per heavy atom. The molecule has 0 aromatic carbocycles. The zero-order valence-corrected chi connectivity index (χ0v) is 14.3. The van der Waals surface area contributed by atoms with Crippen molar-refractivity contribution in [1.82, 2.24) is 20.4 Å². The van der Waals surface area contributed by atoms with Gasteiger partial charge in [-0.1, -0.05) is 6.92 Å². The van der Waals surface area contributed by atoms with Gasteiger partial charge in [0, 0.05) is 23.7 Å². The standard InChI is InChI=1S/C18H28N4O/c1-13-9-14(21-20-13)12-22-7-5-18(6-8-22)10-15(11-18)19-16(23)17(2)3-4-17/h9,15H,3-8,10-12H2,1-2H3,(H,19,23)(H,20,21). The van der Waals surface area contributed by atoms with Crippen LogP contribution in [0.1, 0.15) is 56.8 Å². The van der Waals surface area contributed by atoms with Crippen molar-refractivity contribution < 1.29 is 4.79 Å². The minimum absolute atomic E-state index is 0.0339. The van der Waals surface area contributed by atoms with E-state index in [2.05, 4.69) is 33.4 Å². The Kier molecular flexibility index (Phi) is 3.52. The molecule has 1 aromatic heterocycles. The smallest absolute Gasteiger partial charge is 0.226 e. The zero-order valence-electron chi connectivity index (χ0n) is 14.3. The van der Waals surface area contributed by atoms with Gasteiger partial charge < -0.3 is 5.32 Å². The molecule has 3 aliphatic rings. The van der Waals surface area contributed by atoms with Crippen molar-refractivity contribution in [2.24, 2.45) is 10.8 Å². The van der Waals surface area contributed by atoms with Crippen molar-refractivity contribution in [2.45, 2.75) is 65.0 Å². The van der Waals surface area contributed by atoms with Gasteiger partial charge in [0.2, 0.25) is 5.91 Å². The summed E-state index contributed by atoms with van der Waals surface area (Å²) in [5, 5.41) is 10.6. The highest BCUT2D eigenvalue weighted by Gasteiger charge is 2.50. The lowest BCUT2D eigenvalue weighted by Gasteiger charge is -2.52. The normalized spacial score (nSPS) is 26.0. The van der Waals surface area contributed by atoms with Gasteiger partial charge >= 0.3 is 0 Å². The first-order valence-electron chi connectivity index (χ1n) is 9.01. The average Bonchev–Trinajstić information content (AvgIpc) is 3.12. The van der Waals surface area contributed by atoms with E-state index in [1.165, 1.54) is 25.7 Å². The van der Waals surface area contributed by atoms with Gasteiger partial charge in [0.1, 0.15) is 0 Å². The summed E-state index contributed by atoms with van der Waals surface area (Å²) in [7, 11) is 0. The van der Waals surface area contributed by atoms with Gasteiger partial charge in [-0.2, -0.15) is 5.10 Å². The highest BCUT2D eigenvalue weighted by molar-refractivity contribution is 5.85. The Morgan fingerprint density at radius 2 is 2.04 bits per heavy atom. The average molecular weight is 316 g/mol. The van der Waals surface area contributed by atoms with E-state index in [9.17, 15) is 4.79 Å². The lowest BCUT2D eigenvalue weighted by atomic mass is 9.60. The molecule has 2 heterocycles. The van der Waals surface area contributed by atoms with E-state index in [0.717, 1.165) is 43.9 Å².